The quantitative estimate of drug-likeness (QED) is 0.440. The second kappa shape index (κ2) is 13.0. The van der Waals surface area contributed by atoms with Gasteiger partial charge >= 0.3 is 0 Å². The maximum atomic E-state index is 4.28. The zero-order valence-electron chi connectivity index (χ0n) is 20.4. The smallest absolute Gasteiger partial charge is 0.0429 e. The fourth-order valence-electron chi connectivity index (χ4n) is 2.59. The zero-order valence-corrected chi connectivity index (χ0v) is 20.4. The fraction of sp³-hybridized carbons (Fsp3) is 0.429. The summed E-state index contributed by atoms with van der Waals surface area (Å²) in [5, 5.41) is 0. The minimum absolute atomic E-state index is 0.542. The van der Waals surface area contributed by atoms with E-state index in [0.29, 0.717) is 17.8 Å². The molecule has 0 atom stereocenters. The van der Waals surface area contributed by atoms with E-state index in [-0.39, 0.29) is 0 Å². The van der Waals surface area contributed by atoms with Crippen LogP contribution in [0.3, 0.4) is 0 Å². The summed E-state index contributed by atoms with van der Waals surface area (Å²) in [5.41, 5.74) is 7.56. The maximum absolute atomic E-state index is 4.28. The van der Waals surface area contributed by atoms with Gasteiger partial charge in [-0.05, 0) is 67.3 Å². The summed E-state index contributed by atoms with van der Waals surface area (Å²) in [6.07, 6.45) is 3.86. The van der Waals surface area contributed by atoms with Crippen molar-refractivity contribution in [2.45, 2.75) is 80.1 Å². The minimum atomic E-state index is 0.542. The Morgan fingerprint density at radius 3 is 1.43 bits per heavy atom. The average molecular weight is 405 g/mol. The third-order valence-electron chi connectivity index (χ3n) is 4.87. The molecule has 2 aromatic heterocycles. The number of aryl methyl sites for hydroxylation is 3. The van der Waals surface area contributed by atoms with Crippen LogP contribution < -0.4 is 0 Å². The topological polar surface area (TPSA) is 25.8 Å². The Morgan fingerprint density at radius 2 is 1.03 bits per heavy atom. The first-order valence-electron chi connectivity index (χ1n) is 11.0. The first-order valence-corrected chi connectivity index (χ1v) is 11.0. The highest BCUT2D eigenvalue weighted by atomic mass is 14.7. The molecule has 0 radical (unpaired) electrons. The first kappa shape index (κ1) is 25.6. The van der Waals surface area contributed by atoms with Gasteiger partial charge in [-0.2, -0.15) is 0 Å². The van der Waals surface area contributed by atoms with Gasteiger partial charge in [0, 0.05) is 23.8 Å². The van der Waals surface area contributed by atoms with Gasteiger partial charge in [-0.1, -0.05) is 83.5 Å². The Morgan fingerprint density at radius 1 is 0.500 bits per heavy atom. The molecule has 2 heteroatoms. The zero-order chi connectivity index (χ0) is 22.7. The van der Waals surface area contributed by atoms with Crippen molar-refractivity contribution in [2.24, 2.45) is 0 Å². The number of nitrogens with zero attached hydrogens (tertiary/aromatic N) is 2. The van der Waals surface area contributed by atoms with Crippen LogP contribution in [0.5, 0.6) is 0 Å². The number of pyridine rings is 2. The average Bonchev–Trinajstić information content (AvgIpc) is 2.70. The molecule has 0 unspecified atom stereocenters. The predicted octanol–water partition coefficient (Wildman–Crippen LogP) is 8.15. The highest BCUT2D eigenvalue weighted by molar-refractivity contribution is 5.23. The second-order valence-corrected chi connectivity index (χ2v) is 8.87. The number of aromatic nitrogens is 2. The van der Waals surface area contributed by atoms with Gasteiger partial charge in [0.25, 0.3) is 0 Å². The molecule has 0 saturated heterocycles. The van der Waals surface area contributed by atoms with E-state index in [0.717, 1.165) is 5.69 Å². The highest BCUT2D eigenvalue weighted by Crippen LogP contribution is 2.14. The van der Waals surface area contributed by atoms with E-state index in [1.165, 1.54) is 27.9 Å². The summed E-state index contributed by atoms with van der Waals surface area (Å²) in [4.78, 5) is 8.48. The van der Waals surface area contributed by atoms with E-state index in [9.17, 15) is 0 Å². The Hall–Kier alpha value is -2.48. The van der Waals surface area contributed by atoms with Crippen LogP contribution in [0.1, 0.15) is 92.9 Å². The Labute approximate surface area is 184 Å². The summed E-state index contributed by atoms with van der Waals surface area (Å²) >= 11 is 0. The molecule has 0 aliphatic rings. The van der Waals surface area contributed by atoms with Crippen LogP contribution in [0, 0.1) is 20.8 Å². The third-order valence-corrected chi connectivity index (χ3v) is 4.87. The van der Waals surface area contributed by atoms with Crippen LogP contribution in [-0.2, 0) is 0 Å². The number of hydrogen-bond acceptors (Lipinski definition) is 2. The van der Waals surface area contributed by atoms with Gasteiger partial charge in [0.05, 0.1) is 0 Å². The van der Waals surface area contributed by atoms with E-state index < -0.39 is 0 Å². The molecule has 162 valence electrons. The molecule has 0 saturated carbocycles. The summed E-state index contributed by atoms with van der Waals surface area (Å²) in [6.45, 7) is 19.2. The molecule has 3 aromatic rings. The number of rotatable bonds is 3. The van der Waals surface area contributed by atoms with Crippen LogP contribution in [-0.4, -0.2) is 9.97 Å². The summed E-state index contributed by atoms with van der Waals surface area (Å²) in [7, 11) is 0. The molecule has 0 aliphatic heterocycles. The van der Waals surface area contributed by atoms with Gasteiger partial charge in [-0.15, -0.1) is 0 Å². The molecule has 2 heterocycles. The number of hydrogen-bond donors (Lipinski definition) is 0. The fourth-order valence-corrected chi connectivity index (χ4v) is 2.59. The van der Waals surface area contributed by atoms with Crippen LogP contribution in [0.25, 0.3) is 0 Å². The molecular formula is C28H40N2. The van der Waals surface area contributed by atoms with E-state index in [1.807, 2.05) is 19.3 Å². The normalized spacial score (nSPS) is 10.4. The van der Waals surface area contributed by atoms with Gasteiger partial charge < -0.3 is 0 Å². The lowest BCUT2D eigenvalue weighted by atomic mass is 10.0. The maximum Gasteiger partial charge on any atom is 0.0429 e. The van der Waals surface area contributed by atoms with Crippen molar-refractivity contribution in [1.29, 1.82) is 0 Å². The van der Waals surface area contributed by atoms with Crippen molar-refractivity contribution in [1.82, 2.24) is 9.97 Å². The summed E-state index contributed by atoms with van der Waals surface area (Å²) < 4.78 is 0. The lowest BCUT2D eigenvalue weighted by Gasteiger charge is -2.03. The van der Waals surface area contributed by atoms with Gasteiger partial charge in [0.1, 0.15) is 0 Å². The molecule has 0 spiro atoms. The molecular weight excluding hydrogens is 364 g/mol. The summed E-state index contributed by atoms with van der Waals surface area (Å²) in [5.74, 6) is 1.79. The Kier molecular flexibility index (Phi) is 11.0. The lowest BCUT2D eigenvalue weighted by Crippen LogP contribution is -1.90. The van der Waals surface area contributed by atoms with Gasteiger partial charge in [-0.3, -0.25) is 9.97 Å². The van der Waals surface area contributed by atoms with E-state index in [1.54, 1.807) is 0 Å². The largest absolute Gasteiger partial charge is 0.261 e. The van der Waals surface area contributed by atoms with Crippen LogP contribution in [0.2, 0.25) is 0 Å². The van der Waals surface area contributed by atoms with E-state index >= 15 is 0 Å². The molecule has 30 heavy (non-hydrogen) atoms. The highest BCUT2D eigenvalue weighted by Gasteiger charge is 1.98. The van der Waals surface area contributed by atoms with E-state index in [2.05, 4.69) is 114 Å². The van der Waals surface area contributed by atoms with Crippen molar-refractivity contribution in [2.75, 3.05) is 0 Å². The van der Waals surface area contributed by atoms with Crippen molar-refractivity contribution in [3.05, 3.63) is 94.6 Å². The van der Waals surface area contributed by atoms with Crippen molar-refractivity contribution in [3.63, 3.8) is 0 Å². The van der Waals surface area contributed by atoms with Gasteiger partial charge in [0.2, 0.25) is 0 Å². The lowest BCUT2D eigenvalue weighted by molar-refractivity contribution is 0.821. The SMILES string of the molecule is Cc1ccc(C(C)C)cc1.Cc1ccc(C(C)C)cn1.Cc1ccc(C(C)C)nc1. The predicted molar refractivity (Wildman–Crippen MR) is 131 cm³/mol. The van der Waals surface area contributed by atoms with Crippen LogP contribution in [0.4, 0.5) is 0 Å². The van der Waals surface area contributed by atoms with Crippen LogP contribution in [0.15, 0.2) is 60.9 Å². The van der Waals surface area contributed by atoms with Crippen molar-refractivity contribution < 1.29 is 0 Å². The molecule has 0 N–H and O–H groups in total. The van der Waals surface area contributed by atoms with Crippen molar-refractivity contribution in [3.8, 4) is 0 Å². The Bertz CT molecular complexity index is 710. The second-order valence-electron chi connectivity index (χ2n) is 8.87. The van der Waals surface area contributed by atoms with Gasteiger partial charge in [0.15, 0.2) is 0 Å². The van der Waals surface area contributed by atoms with Gasteiger partial charge in [-0.25, -0.2) is 0 Å². The van der Waals surface area contributed by atoms with Crippen LogP contribution >= 0.6 is 0 Å². The molecule has 0 aliphatic carbocycles. The summed E-state index contributed by atoms with van der Waals surface area (Å²) in [6, 6.07) is 17.1. The first-order chi connectivity index (χ1) is 14.1. The Balaban J connectivity index is 0.000000225. The van der Waals surface area contributed by atoms with E-state index in [4.69, 9.17) is 0 Å². The molecule has 0 amide bonds. The minimum Gasteiger partial charge on any atom is -0.261 e. The third kappa shape index (κ3) is 9.82. The molecule has 0 bridgehead atoms. The molecule has 2 nitrogen and oxygen atoms in total. The standard InChI is InChI=1S/C10H14.2C9H13N/c1-8(2)10-6-4-9(3)5-7-10;1-7(2)9-5-4-8(3)10-6-9;1-7(2)9-5-4-8(3)6-10-9/h4-8H,1-3H3;2*4-7H,1-3H3. The molecule has 3 rings (SSSR count). The monoisotopic (exact) mass is 404 g/mol. The molecule has 0 fully saturated rings. The number of benzene rings is 1. The van der Waals surface area contributed by atoms with Crippen molar-refractivity contribution >= 4 is 0 Å². The molecule has 1 aromatic carbocycles.